The molecule has 2 nitrogen and oxygen atoms in total. The molecule has 0 atom stereocenters. The molecule has 0 fully saturated rings. The van der Waals surface area contributed by atoms with Crippen molar-refractivity contribution >= 4 is 31.9 Å². The third-order valence-corrected chi connectivity index (χ3v) is 4.06. The molecule has 0 aliphatic carbocycles. The number of halogens is 2. The second-order valence-electron chi connectivity index (χ2n) is 8.03. The highest BCUT2D eigenvalue weighted by atomic mass is 79.9. The molecular weight excluding hydrogens is 408 g/mol. The van der Waals surface area contributed by atoms with Crippen LogP contribution in [0.1, 0.15) is 52.7 Å². The summed E-state index contributed by atoms with van der Waals surface area (Å²) < 4.78 is 12.1. The van der Waals surface area contributed by atoms with Gasteiger partial charge in [0, 0.05) is 21.8 Å². The number of benzene rings is 1. The van der Waals surface area contributed by atoms with Crippen molar-refractivity contribution in [2.45, 2.75) is 52.2 Å². The van der Waals surface area contributed by atoms with Crippen LogP contribution < -0.4 is 9.47 Å². The predicted octanol–water partition coefficient (Wildman–Crippen LogP) is 6.33. The Bertz CT molecular complexity index is 439. The smallest absolute Gasteiger partial charge is 0.123 e. The fraction of sp³-hybridized carbons (Fsp3) is 0.667. The lowest BCUT2D eigenvalue weighted by atomic mass is 9.98. The van der Waals surface area contributed by atoms with Gasteiger partial charge in [-0.05, 0) is 23.0 Å². The van der Waals surface area contributed by atoms with E-state index in [-0.39, 0.29) is 10.8 Å². The van der Waals surface area contributed by atoms with Crippen LogP contribution in [0.5, 0.6) is 11.5 Å². The molecule has 0 unspecified atom stereocenters. The topological polar surface area (TPSA) is 18.5 Å². The summed E-state index contributed by atoms with van der Waals surface area (Å²) in [5.74, 6) is 1.87. The molecule has 0 aliphatic rings. The maximum atomic E-state index is 6.03. The quantitative estimate of drug-likeness (QED) is 0.486. The summed E-state index contributed by atoms with van der Waals surface area (Å²) in [7, 11) is 0. The molecule has 0 bridgehead atoms. The molecule has 0 saturated heterocycles. The van der Waals surface area contributed by atoms with Crippen molar-refractivity contribution in [1.82, 2.24) is 0 Å². The minimum absolute atomic E-state index is 0.138. The summed E-state index contributed by atoms with van der Waals surface area (Å²) in [6, 6.07) is 4.18. The highest BCUT2D eigenvalue weighted by Gasteiger charge is 2.17. The Morgan fingerprint density at radius 3 is 1.27 bits per heavy atom. The zero-order chi connectivity index (χ0) is 17.0. The van der Waals surface area contributed by atoms with Crippen molar-refractivity contribution in [2.75, 3.05) is 13.2 Å². The largest absolute Gasteiger partial charge is 0.493 e. The van der Waals surface area contributed by atoms with E-state index in [9.17, 15) is 0 Å². The number of ether oxygens (including phenoxy) is 2. The third-order valence-electron chi connectivity index (χ3n) is 2.85. The Balaban J connectivity index is 3.01. The zero-order valence-electron chi connectivity index (χ0n) is 14.6. The van der Waals surface area contributed by atoms with E-state index in [1.807, 2.05) is 0 Å². The monoisotopic (exact) mass is 434 g/mol. The first-order valence-electron chi connectivity index (χ1n) is 7.59. The maximum absolute atomic E-state index is 6.03. The SMILES string of the molecule is CC(C)(C)COc1cc(CBr)c(OCC(C)(C)C)cc1CBr. The lowest BCUT2D eigenvalue weighted by Crippen LogP contribution is -2.18. The van der Waals surface area contributed by atoms with Crippen LogP contribution in [0.3, 0.4) is 0 Å². The van der Waals surface area contributed by atoms with Crippen molar-refractivity contribution < 1.29 is 9.47 Å². The van der Waals surface area contributed by atoms with E-state index in [2.05, 4.69) is 85.5 Å². The van der Waals surface area contributed by atoms with E-state index in [4.69, 9.17) is 9.47 Å². The van der Waals surface area contributed by atoms with Gasteiger partial charge in [0.05, 0.1) is 13.2 Å². The molecule has 0 radical (unpaired) electrons. The second kappa shape index (κ2) is 8.05. The van der Waals surface area contributed by atoms with Gasteiger partial charge in [-0.2, -0.15) is 0 Å². The molecule has 0 aliphatic heterocycles. The van der Waals surface area contributed by atoms with E-state index >= 15 is 0 Å². The summed E-state index contributed by atoms with van der Waals surface area (Å²) in [6.07, 6.45) is 0. The predicted molar refractivity (Wildman–Crippen MR) is 102 cm³/mol. The summed E-state index contributed by atoms with van der Waals surface area (Å²) >= 11 is 7.11. The average molecular weight is 436 g/mol. The first-order valence-corrected chi connectivity index (χ1v) is 9.83. The van der Waals surface area contributed by atoms with Crippen LogP contribution >= 0.6 is 31.9 Å². The fourth-order valence-corrected chi connectivity index (χ4v) is 2.59. The molecule has 1 aromatic rings. The lowest BCUT2D eigenvalue weighted by Gasteiger charge is -2.23. The zero-order valence-corrected chi connectivity index (χ0v) is 17.7. The standard InChI is InChI=1S/C18H28Br2O2/c1-17(2,3)11-21-15-7-14(10-20)16(8-13(15)9-19)22-12-18(4,5)6/h7-8H,9-12H2,1-6H3. The maximum Gasteiger partial charge on any atom is 0.123 e. The van der Waals surface area contributed by atoms with Crippen LogP contribution in [0, 0.1) is 10.8 Å². The highest BCUT2D eigenvalue weighted by Crippen LogP contribution is 2.33. The number of hydrogen-bond donors (Lipinski definition) is 0. The van der Waals surface area contributed by atoms with Gasteiger partial charge in [0.15, 0.2) is 0 Å². The Kier molecular flexibility index (Phi) is 7.25. The molecule has 0 N–H and O–H groups in total. The first kappa shape index (κ1) is 19.8. The van der Waals surface area contributed by atoms with Crippen molar-refractivity contribution in [2.24, 2.45) is 10.8 Å². The van der Waals surface area contributed by atoms with Gasteiger partial charge < -0.3 is 9.47 Å². The molecule has 1 aromatic carbocycles. The molecule has 4 heteroatoms. The second-order valence-corrected chi connectivity index (χ2v) is 9.16. The highest BCUT2D eigenvalue weighted by molar-refractivity contribution is 9.08. The minimum Gasteiger partial charge on any atom is -0.493 e. The lowest BCUT2D eigenvalue weighted by molar-refractivity contribution is 0.191. The molecule has 126 valence electrons. The minimum atomic E-state index is 0.138. The van der Waals surface area contributed by atoms with Crippen molar-refractivity contribution in [3.8, 4) is 11.5 Å². The van der Waals surface area contributed by atoms with E-state index in [1.165, 1.54) is 0 Å². The molecule has 0 amide bonds. The van der Waals surface area contributed by atoms with E-state index in [0.717, 1.165) is 33.3 Å². The molecular formula is C18H28Br2O2. The van der Waals surface area contributed by atoms with Crippen LogP contribution in [0.4, 0.5) is 0 Å². The van der Waals surface area contributed by atoms with Gasteiger partial charge in [-0.15, -0.1) is 0 Å². The summed E-state index contributed by atoms with van der Waals surface area (Å²) in [4.78, 5) is 0. The average Bonchev–Trinajstić information content (AvgIpc) is 2.40. The fourth-order valence-electron chi connectivity index (χ4n) is 1.71. The summed E-state index contributed by atoms with van der Waals surface area (Å²) in [5.41, 5.74) is 2.52. The van der Waals surface area contributed by atoms with Gasteiger partial charge in [0.2, 0.25) is 0 Å². The van der Waals surface area contributed by atoms with Crippen LogP contribution in [0.15, 0.2) is 12.1 Å². The van der Waals surface area contributed by atoms with Crippen molar-refractivity contribution in [3.05, 3.63) is 23.3 Å². The Morgan fingerprint density at radius 1 is 0.727 bits per heavy atom. The van der Waals surface area contributed by atoms with Gasteiger partial charge in [-0.25, -0.2) is 0 Å². The van der Waals surface area contributed by atoms with E-state index < -0.39 is 0 Å². The Hall–Kier alpha value is -0.220. The van der Waals surface area contributed by atoms with Gasteiger partial charge >= 0.3 is 0 Å². The van der Waals surface area contributed by atoms with Crippen LogP contribution in [0.25, 0.3) is 0 Å². The van der Waals surface area contributed by atoms with Crippen molar-refractivity contribution in [3.63, 3.8) is 0 Å². The molecule has 0 aromatic heterocycles. The van der Waals surface area contributed by atoms with Crippen molar-refractivity contribution in [1.29, 1.82) is 0 Å². The van der Waals surface area contributed by atoms with Gasteiger partial charge in [0.1, 0.15) is 11.5 Å². The van der Waals surface area contributed by atoms with Gasteiger partial charge in [-0.3, -0.25) is 0 Å². The molecule has 0 saturated carbocycles. The Labute approximate surface area is 152 Å². The molecule has 0 heterocycles. The number of hydrogen-bond acceptors (Lipinski definition) is 2. The van der Waals surface area contributed by atoms with Gasteiger partial charge in [-0.1, -0.05) is 73.4 Å². The first-order chi connectivity index (χ1) is 10.1. The molecule has 22 heavy (non-hydrogen) atoms. The van der Waals surface area contributed by atoms with Crippen LogP contribution in [-0.4, -0.2) is 13.2 Å². The number of rotatable bonds is 6. The third kappa shape index (κ3) is 6.91. The summed E-state index contributed by atoms with van der Waals surface area (Å²) in [6.45, 7) is 14.4. The normalized spacial score (nSPS) is 12.4. The molecule has 0 spiro atoms. The van der Waals surface area contributed by atoms with Gasteiger partial charge in [0.25, 0.3) is 0 Å². The molecule has 1 rings (SSSR count). The summed E-state index contributed by atoms with van der Waals surface area (Å²) in [5, 5.41) is 1.50. The van der Waals surface area contributed by atoms with E-state index in [0.29, 0.717) is 13.2 Å². The van der Waals surface area contributed by atoms with Crippen LogP contribution in [-0.2, 0) is 10.7 Å². The van der Waals surface area contributed by atoms with Crippen LogP contribution in [0.2, 0.25) is 0 Å². The number of alkyl halides is 2. The van der Waals surface area contributed by atoms with E-state index in [1.54, 1.807) is 0 Å². The Morgan fingerprint density at radius 2 is 1.05 bits per heavy atom.